The molecule has 0 unspecified atom stereocenters. The van der Waals surface area contributed by atoms with Crippen molar-refractivity contribution in [2.75, 3.05) is 0 Å². The van der Waals surface area contributed by atoms with Crippen LogP contribution in [0.4, 0.5) is 0 Å². The van der Waals surface area contributed by atoms with Gasteiger partial charge in [-0.1, -0.05) is 36.4 Å². The summed E-state index contributed by atoms with van der Waals surface area (Å²) in [7, 11) is 0. The van der Waals surface area contributed by atoms with Crippen LogP contribution in [0.2, 0.25) is 0 Å². The number of aromatic amines is 1. The highest BCUT2D eigenvalue weighted by Crippen LogP contribution is 2.30. The van der Waals surface area contributed by atoms with Gasteiger partial charge in [0.15, 0.2) is 10.6 Å². The van der Waals surface area contributed by atoms with E-state index >= 15 is 0 Å². The van der Waals surface area contributed by atoms with Gasteiger partial charge in [-0.05, 0) is 54.4 Å². The standard InChI is InChI=1S/C19H15N3OS/c1-12-11-14(23)9-10-15(12)18-20-21-19(24)22(18)17-8-4-6-13-5-2-3-7-16(13)17/h2-11,23H,1H3,(H,21,24). The maximum Gasteiger partial charge on any atom is 0.200 e. The Labute approximate surface area is 144 Å². The third-order valence-electron chi connectivity index (χ3n) is 4.13. The van der Waals surface area contributed by atoms with Gasteiger partial charge in [0.25, 0.3) is 0 Å². The maximum atomic E-state index is 9.66. The highest BCUT2D eigenvalue weighted by atomic mass is 32.1. The fourth-order valence-corrected chi connectivity index (χ4v) is 3.23. The lowest BCUT2D eigenvalue weighted by Crippen LogP contribution is -2.00. The van der Waals surface area contributed by atoms with Crippen molar-refractivity contribution in [3.63, 3.8) is 0 Å². The highest BCUT2D eigenvalue weighted by Gasteiger charge is 2.14. The number of aromatic hydroxyl groups is 1. The van der Waals surface area contributed by atoms with Crippen LogP contribution in [-0.2, 0) is 0 Å². The van der Waals surface area contributed by atoms with Gasteiger partial charge in [0.05, 0.1) is 5.69 Å². The van der Waals surface area contributed by atoms with Crippen molar-refractivity contribution in [3.8, 4) is 22.8 Å². The first kappa shape index (κ1) is 14.7. The third-order valence-corrected chi connectivity index (χ3v) is 4.40. The molecule has 0 aliphatic carbocycles. The maximum absolute atomic E-state index is 9.66. The number of hydrogen-bond donors (Lipinski definition) is 2. The average Bonchev–Trinajstić information content (AvgIpc) is 2.95. The molecule has 5 heteroatoms. The van der Waals surface area contributed by atoms with E-state index in [1.54, 1.807) is 12.1 Å². The van der Waals surface area contributed by atoms with Gasteiger partial charge < -0.3 is 5.11 Å². The van der Waals surface area contributed by atoms with Gasteiger partial charge in [-0.15, -0.1) is 0 Å². The molecule has 2 N–H and O–H groups in total. The molecule has 4 aromatic rings. The minimum atomic E-state index is 0.238. The van der Waals surface area contributed by atoms with Crippen LogP contribution in [0.5, 0.6) is 5.75 Å². The van der Waals surface area contributed by atoms with E-state index in [9.17, 15) is 5.11 Å². The molecule has 1 heterocycles. The Bertz CT molecular complexity index is 1110. The van der Waals surface area contributed by atoms with E-state index in [1.807, 2.05) is 41.8 Å². The number of aryl methyl sites for hydroxylation is 1. The fourth-order valence-electron chi connectivity index (χ4n) is 3.00. The molecule has 0 saturated carbocycles. The molecular formula is C19H15N3OS. The lowest BCUT2D eigenvalue weighted by molar-refractivity contribution is 0.475. The zero-order valence-corrected chi connectivity index (χ0v) is 13.8. The molecule has 3 aromatic carbocycles. The quantitative estimate of drug-likeness (QED) is 0.520. The predicted octanol–water partition coefficient (Wildman–Crippen LogP) is 4.76. The number of fused-ring (bicyclic) bond motifs is 1. The van der Waals surface area contributed by atoms with Crippen molar-refractivity contribution in [2.45, 2.75) is 6.92 Å². The molecular weight excluding hydrogens is 318 g/mol. The van der Waals surface area contributed by atoms with Crippen molar-refractivity contribution < 1.29 is 5.11 Å². The van der Waals surface area contributed by atoms with Crippen molar-refractivity contribution in [2.24, 2.45) is 0 Å². The topological polar surface area (TPSA) is 53.8 Å². The van der Waals surface area contributed by atoms with E-state index in [2.05, 4.69) is 28.4 Å². The molecule has 1 aromatic heterocycles. The van der Waals surface area contributed by atoms with Gasteiger partial charge in [0.2, 0.25) is 0 Å². The summed E-state index contributed by atoms with van der Waals surface area (Å²) >= 11 is 5.48. The summed E-state index contributed by atoms with van der Waals surface area (Å²) in [6.07, 6.45) is 0. The zero-order valence-electron chi connectivity index (χ0n) is 13.0. The van der Waals surface area contributed by atoms with E-state index in [1.165, 1.54) is 0 Å². The summed E-state index contributed by atoms with van der Waals surface area (Å²) in [4.78, 5) is 0. The third kappa shape index (κ3) is 2.30. The first-order valence-corrected chi connectivity index (χ1v) is 8.01. The van der Waals surface area contributed by atoms with Gasteiger partial charge in [-0.2, -0.15) is 5.10 Å². The number of nitrogens with one attached hydrogen (secondary N) is 1. The second-order valence-corrected chi connectivity index (χ2v) is 6.07. The Morgan fingerprint density at radius 2 is 1.83 bits per heavy atom. The summed E-state index contributed by atoms with van der Waals surface area (Å²) in [5.41, 5.74) is 2.84. The normalized spacial score (nSPS) is 11.0. The lowest BCUT2D eigenvalue weighted by Gasteiger charge is -2.12. The van der Waals surface area contributed by atoms with E-state index in [4.69, 9.17) is 12.2 Å². The number of hydrogen-bond acceptors (Lipinski definition) is 3. The molecule has 4 rings (SSSR count). The van der Waals surface area contributed by atoms with Crippen LogP contribution < -0.4 is 0 Å². The van der Waals surface area contributed by atoms with Crippen LogP contribution in [0.3, 0.4) is 0 Å². The summed E-state index contributed by atoms with van der Waals surface area (Å²) < 4.78 is 2.48. The fraction of sp³-hybridized carbons (Fsp3) is 0.0526. The van der Waals surface area contributed by atoms with E-state index in [0.717, 1.165) is 33.4 Å². The Kier molecular flexibility index (Phi) is 3.43. The van der Waals surface area contributed by atoms with Crippen LogP contribution in [0, 0.1) is 11.7 Å². The Balaban J connectivity index is 2.03. The van der Waals surface area contributed by atoms with Crippen molar-refractivity contribution >= 4 is 23.0 Å². The number of phenols is 1. The molecule has 0 saturated heterocycles. The zero-order chi connectivity index (χ0) is 16.7. The first-order chi connectivity index (χ1) is 11.6. The van der Waals surface area contributed by atoms with Crippen LogP contribution >= 0.6 is 12.2 Å². The first-order valence-electron chi connectivity index (χ1n) is 7.61. The van der Waals surface area contributed by atoms with Gasteiger partial charge in [-0.3, -0.25) is 9.67 Å². The van der Waals surface area contributed by atoms with E-state index < -0.39 is 0 Å². The monoisotopic (exact) mass is 333 g/mol. The molecule has 0 fully saturated rings. The molecule has 0 bridgehead atoms. The average molecular weight is 333 g/mol. The number of aromatic nitrogens is 3. The number of rotatable bonds is 2. The molecule has 0 radical (unpaired) electrons. The number of nitrogens with zero attached hydrogens (tertiary/aromatic N) is 2. The number of H-pyrrole nitrogens is 1. The second kappa shape index (κ2) is 5.62. The van der Waals surface area contributed by atoms with Crippen molar-refractivity contribution in [1.29, 1.82) is 0 Å². The molecule has 118 valence electrons. The number of phenolic OH excluding ortho intramolecular Hbond substituents is 1. The SMILES string of the molecule is Cc1cc(O)ccc1-c1n[nH]c(=S)n1-c1cccc2ccccc12. The van der Waals surface area contributed by atoms with Crippen LogP contribution in [0.1, 0.15) is 5.56 Å². The number of benzene rings is 3. The summed E-state index contributed by atoms with van der Waals surface area (Å²) in [5.74, 6) is 0.968. The van der Waals surface area contributed by atoms with Crippen LogP contribution in [0.25, 0.3) is 27.8 Å². The lowest BCUT2D eigenvalue weighted by atomic mass is 10.1. The molecule has 24 heavy (non-hydrogen) atoms. The molecule has 4 nitrogen and oxygen atoms in total. The Morgan fingerprint density at radius 1 is 1.04 bits per heavy atom. The van der Waals surface area contributed by atoms with Crippen LogP contribution in [0.15, 0.2) is 60.7 Å². The Hall–Kier alpha value is -2.92. The van der Waals surface area contributed by atoms with Gasteiger partial charge in [-0.25, -0.2) is 0 Å². The van der Waals surface area contributed by atoms with Gasteiger partial charge in [0, 0.05) is 10.9 Å². The van der Waals surface area contributed by atoms with Gasteiger partial charge in [0.1, 0.15) is 5.75 Å². The largest absolute Gasteiger partial charge is 0.508 e. The smallest absolute Gasteiger partial charge is 0.200 e. The molecule has 0 atom stereocenters. The summed E-state index contributed by atoms with van der Waals surface area (Å²) in [6.45, 7) is 1.94. The second-order valence-electron chi connectivity index (χ2n) is 5.69. The minimum Gasteiger partial charge on any atom is -0.508 e. The summed E-state index contributed by atoms with van der Waals surface area (Å²) in [5, 5.41) is 19.2. The minimum absolute atomic E-state index is 0.238. The molecule has 0 aliphatic rings. The van der Waals surface area contributed by atoms with E-state index in [-0.39, 0.29) is 5.75 Å². The van der Waals surface area contributed by atoms with E-state index in [0.29, 0.717) is 4.77 Å². The molecule has 0 spiro atoms. The van der Waals surface area contributed by atoms with Crippen molar-refractivity contribution in [3.05, 3.63) is 71.0 Å². The molecule has 0 aliphatic heterocycles. The molecule has 0 amide bonds. The Morgan fingerprint density at radius 3 is 2.67 bits per heavy atom. The predicted molar refractivity (Wildman–Crippen MR) is 98.1 cm³/mol. The summed E-state index contributed by atoms with van der Waals surface area (Å²) in [6, 6.07) is 19.6. The highest BCUT2D eigenvalue weighted by molar-refractivity contribution is 7.71. The van der Waals surface area contributed by atoms with Gasteiger partial charge >= 0.3 is 0 Å². The van der Waals surface area contributed by atoms with Crippen LogP contribution in [-0.4, -0.2) is 19.9 Å². The van der Waals surface area contributed by atoms with Crippen molar-refractivity contribution in [1.82, 2.24) is 14.8 Å².